The molecule has 1 saturated heterocycles. The molecule has 2 N–H and O–H groups in total. The molecule has 4 heteroatoms. The second kappa shape index (κ2) is 3.44. The maximum Gasteiger partial charge on any atom is 0.229 e. The van der Waals surface area contributed by atoms with Crippen molar-refractivity contribution in [3.8, 4) is 0 Å². The Morgan fingerprint density at radius 3 is 2.25 bits per heavy atom. The molecular weight excluding hydrogens is 204 g/mol. The summed E-state index contributed by atoms with van der Waals surface area (Å²) in [7, 11) is 0. The molecule has 1 aliphatic heterocycles. The lowest BCUT2D eigenvalue weighted by Crippen LogP contribution is -2.47. The number of ether oxygens (including phenoxy) is 1. The lowest BCUT2D eigenvalue weighted by atomic mass is 9.82. The average Bonchev–Trinajstić information content (AvgIpc) is 2.84. The summed E-state index contributed by atoms with van der Waals surface area (Å²) < 4.78 is 5.29. The van der Waals surface area contributed by atoms with Crippen molar-refractivity contribution in [3.05, 3.63) is 0 Å². The second-order valence-corrected chi connectivity index (χ2v) is 5.72. The zero-order valence-electron chi connectivity index (χ0n) is 9.71. The Hall–Kier alpha value is -0.610. The summed E-state index contributed by atoms with van der Waals surface area (Å²) >= 11 is 0. The molecule has 2 bridgehead atoms. The van der Waals surface area contributed by atoms with E-state index in [1.54, 1.807) is 0 Å². The first-order chi connectivity index (χ1) is 7.64. The van der Waals surface area contributed by atoms with Gasteiger partial charge in [0, 0.05) is 18.6 Å². The largest absolute Gasteiger partial charge is 0.378 e. The summed E-state index contributed by atoms with van der Waals surface area (Å²) in [6.45, 7) is 2.90. The smallest absolute Gasteiger partial charge is 0.229 e. The van der Waals surface area contributed by atoms with Gasteiger partial charge in [-0.2, -0.15) is 0 Å². The van der Waals surface area contributed by atoms with E-state index in [9.17, 15) is 4.79 Å². The minimum atomic E-state index is -0.105. The normalized spacial score (nSPS) is 42.7. The van der Waals surface area contributed by atoms with Crippen LogP contribution in [0.15, 0.2) is 0 Å². The van der Waals surface area contributed by atoms with Gasteiger partial charge in [-0.3, -0.25) is 4.79 Å². The van der Waals surface area contributed by atoms with Gasteiger partial charge < -0.3 is 15.4 Å². The standard InChI is InChI=1S/C12H20N2O2/c13-12-3-1-11(9-12,2-4-12)10(15)14-5-7-16-8-6-14/h1-9,13H2. The van der Waals surface area contributed by atoms with Gasteiger partial charge in [-0.25, -0.2) is 0 Å². The number of carbonyl (C=O) groups excluding carboxylic acids is 1. The van der Waals surface area contributed by atoms with Crippen LogP contribution >= 0.6 is 0 Å². The molecule has 2 saturated carbocycles. The number of hydrogen-bond donors (Lipinski definition) is 1. The van der Waals surface area contributed by atoms with Crippen LogP contribution in [-0.2, 0) is 9.53 Å². The molecule has 2 aliphatic carbocycles. The minimum absolute atomic E-state index is 0.0258. The summed E-state index contributed by atoms with van der Waals surface area (Å²) in [5.41, 5.74) is 6.13. The van der Waals surface area contributed by atoms with Crippen LogP contribution in [0.2, 0.25) is 0 Å². The van der Waals surface area contributed by atoms with E-state index in [0.717, 1.165) is 45.2 Å². The summed E-state index contributed by atoms with van der Waals surface area (Å²) in [5, 5.41) is 0. The highest BCUT2D eigenvalue weighted by Crippen LogP contribution is 2.56. The highest BCUT2D eigenvalue weighted by molar-refractivity contribution is 5.84. The molecule has 0 radical (unpaired) electrons. The maximum atomic E-state index is 12.5. The van der Waals surface area contributed by atoms with Crippen LogP contribution in [0.4, 0.5) is 0 Å². The predicted molar refractivity (Wildman–Crippen MR) is 59.8 cm³/mol. The molecule has 3 fully saturated rings. The summed E-state index contributed by atoms with van der Waals surface area (Å²) in [6, 6.07) is 0. The first kappa shape index (κ1) is 10.5. The van der Waals surface area contributed by atoms with Gasteiger partial charge in [0.25, 0.3) is 0 Å². The fourth-order valence-electron chi connectivity index (χ4n) is 3.65. The van der Waals surface area contributed by atoms with Crippen LogP contribution in [0, 0.1) is 5.41 Å². The quantitative estimate of drug-likeness (QED) is 0.706. The van der Waals surface area contributed by atoms with Crippen molar-refractivity contribution >= 4 is 5.91 Å². The number of morpholine rings is 1. The number of amides is 1. The fourth-order valence-corrected chi connectivity index (χ4v) is 3.65. The lowest BCUT2D eigenvalue weighted by Gasteiger charge is -2.35. The van der Waals surface area contributed by atoms with Gasteiger partial charge in [-0.15, -0.1) is 0 Å². The van der Waals surface area contributed by atoms with Gasteiger partial charge in [0.2, 0.25) is 5.91 Å². The van der Waals surface area contributed by atoms with E-state index in [2.05, 4.69) is 0 Å². The first-order valence-corrected chi connectivity index (χ1v) is 6.30. The Morgan fingerprint density at radius 2 is 1.75 bits per heavy atom. The van der Waals surface area contributed by atoms with Crippen molar-refractivity contribution in [2.75, 3.05) is 26.3 Å². The third-order valence-corrected chi connectivity index (χ3v) is 4.65. The topological polar surface area (TPSA) is 55.6 Å². The summed E-state index contributed by atoms with van der Waals surface area (Å²) in [6.07, 6.45) is 4.97. The lowest BCUT2D eigenvalue weighted by molar-refractivity contribution is -0.145. The Labute approximate surface area is 96.1 Å². The Balaban J connectivity index is 1.75. The fraction of sp³-hybridized carbons (Fsp3) is 0.917. The molecule has 0 aromatic carbocycles. The van der Waals surface area contributed by atoms with Crippen LogP contribution in [0.5, 0.6) is 0 Å². The zero-order chi connectivity index (χ0) is 11.2. The second-order valence-electron chi connectivity index (χ2n) is 5.72. The third kappa shape index (κ3) is 1.47. The molecule has 0 spiro atoms. The van der Waals surface area contributed by atoms with Crippen LogP contribution in [0.1, 0.15) is 32.1 Å². The molecule has 0 aromatic rings. The molecule has 16 heavy (non-hydrogen) atoms. The highest BCUT2D eigenvalue weighted by Gasteiger charge is 2.57. The predicted octanol–water partition coefficient (Wildman–Crippen LogP) is 0.507. The molecule has 0 atom stereocenters. The van der Waals surface area contributed by atoms with Crippen molar-refractivity contribution < 1.29 is 9.53 Å². The Morgan fingerprint density at radius 1 is 1.12 bits per heavy atom. The number of hydrogen-bond acceptors (Lipinski definition) is 3. The Bertz CT molecular complexity index is 302. The molecule has 3 aliphatic rings. The molecule has 1 heterocycles. The van der Waals surface area contributed by atoms with E-state index < -0.39 is 0 Å². The molecule has 1 amide bonds. The van der Waals surface area contributed by atoms with Crippen LogP contribution in [0.25, 0.3) is 0 Å². The van der Waals surface area contributed by atoms with Crippen LogP contribution in [0.3, 0.4) is 0 Å². The van der Waals surface area contributed by atoms with Gasteiger partial charge in [-0.05, 0) is 32.1 Å². The van der Waals surface area contributed by atoms with Gasteiger partial charge >= 0.3 is 0 Å². The van der Waals surface area contributed by atoms with Crippen LogP contribution < -0.4 is 5.73 Å². The molecule has 3 rings (SSSR count). The third-order valence-electron chi connectivity index (χ3n) is 4.65. The number of rotatable bonds is 1. The average molecular weight is 224 g/mol. The molecule has 4 nitrogen and oxygen atoms in total. The number of fused-ring (bicyclic) bond motifs is 2. The zero-order valence-corrected chi connectivity index (χ0v) is 9.71. The van der Waals surface area contributed by atoms with Crippen molar-refractivity contribution in [2.45, 2.75) is 37.6 Å². The number of carbonyl (C=O) groups is 1. The van der Waals surface area contributed by atoms with Gasteiger partial charge in [0.05, 0.1) is 18.6 Å². The highest BCUT2D eigenvalue weighted by atomic mass is 16.5. The maximum absolute atomic E-state index is 12.5. The van der Waals surface area contributed by atoms with E-state index in [-0.39, 0.29) is 11.0 Å². The first-order valence-electron chi connectivity index (χ1n) is 6.30. The summed E-state index contributed by atoms with van der Waals surface area (Å²) in [5.74, 6) is 0.348. The minimum Gasteiger partial charge on any atom is -0.378 e. The van der Waals surface area contributed by atoms with E-state index in [1.165, 1.54) is 0 Å². The molecule has 0 unspecified atom stereocenters. The van der Waals surface area contributed by atoms with Crippen molar-refractivity contribution in [3.63, 3.8) is 0 Å². The van der Waals surface area contributed by atoms with Crippen molar-refractivity contribution in [2.24, 2.45) is 11.1 Å². The monoisotopic (exact) mass is 224 g/mol. The molecule has 0 aromatic heterocycles. The number of nitrogens with zero attached hydrogens (tertiary/aromatic N) is 1. The Kier molecular flexibility index (Phi) is 2.27. The van der Waals surface area contributed by atoms with Gasteiger partial charge in [0.1, 0.15) is 0 Å². The van der Waals surface area contributed by atoms with E-state index in [4.69, 9.17) is 10.5 Å². The van der Waals surface area contributed by atoms with Crippen LogP contribution in [-0.4, -0.2) is 42.6 Å². The SMILES string of the molecule is NC12CCC(C(=O)N3CCOCC3)(CC1)C2. The van der Waals surface area contributed by atoms with Crippen molar-refractivity contribution in [1.82, 2.24) is 4.90 Å². The number of nitrogens with two attached hydrogens (primary N) is 1. The van der Waals surface area contributed by atoms with E-state index in [1.807, 2.05) is 4.90 Å². The molecular formula is C12H20N2O2. The van der Waals surface area contributed by atoms with E-state index in [0.29, 0.717) is 19.1 Å². The van der Waals surface area contributed by atoms with Gasteiger partial charge in [-0.1, -0.05) is 0 Å². The van der Waals surface area contributed by atoms with Gasteiger partial charge in [0.15, 0.2) is 0 Å². The van der Waals surface area contributed by atoms with Crippen molar-refractivity contribution in [1.29, 1.82) is 0 Å². The summed E-state index contributed by atoms with van der Waals surface area (Å²) in [4.78, 5) is 14.5. The molecule has 90 valence electrons. The van der Waals surface area contributed by atoms with E-state index >= 15 is 0 Å².